The zero-order chi connectivity index (χ0) is 21.5. The number of hydrogen-bond donors (Lipinski definition) is 0. The minimum absolute atomic E-state index is 0.0365. The molecule has 4 rings (SSSR count). The van der Waals surface area contributed by atoms with Crippen molar-refractivity contribution in [2.45, 2.75) is 103 Å². The molecular weight excluding hydrogens is 376 g/mol. The van der Waals surface area contributed by atoms with E-state index in [4.69, 9.17) is 4.74 Å². The molecule has 0 heterocycles. The number of ether oxygens (including phenoxy) is 1. The summed E-state index contributed by atoms with van der Waals surface area (Å²) >= 11 is 0. The lowest BCUT2D eigenvalue weighted by atomic mass is 9.50. The predicted octanol–water partition coefficient (Wildman–Crippen LogP) is 5.58. The molecule has 0 aliphatic heterocycles. The Hall–Kier alpha value is -1.45. The molecule has 0 saturated heterocycles. The van der Waals surface area contributed by atoms with E-state index >= 15 is 0 Å². The van der Waals surface area contributed by atoms with E-state index in [2.05, 4.69) is 13.8 Å². The van der Waals surface area contributed by atoms with Crippen molar-refractivity contribution in [3.8, 4) is 0 Å². The summed E-state index contributed by atoms with van der Waals surface area (Å²) in [5, 5.41) is 0. The molecule has 166 valence electrons. The number of hydrogen-bond acceptors (Lipinski definition) is 4. The normalized spacial score (nSPS) is 40.1. The molecule has 4 heteroatoms. The maximum atomic E-state index is 13.0. The van der Waals surface area contributed by atoms with Crippen molar-refractivity contribution >= 4 is 17.5 Å². The highest BCUT2D eigenvalue weighted by molar-refractivity contribution is 5.91. The largest absolute Gasteiger partial charge is 0.450 e. The van der Waals surface area contributed by atoms with E-state index in [1.165, 1.54) is 5.57 Å². The van der Waals surface area contributed by atoms with E-state index in [0.29, 0.717) is 48.7 Å². The van der Waals surface area contributed by atoms with Crippen molar-refractivity contribution in [2.24, 2.45) is 29.1 Å². The van der Waals surface area contributed by atoms with Crippen LogP contribution >= 0.6 is 0 Å². The fraction of sp³-hybridized carbons (Fsp3) is 0.808. The predicted molar refractivity (Wildman–Crippen MR) is 116 cm³/mol. The van der Waals surface area contributed by atoms with Crippen LogP contribution in [-0.2, 0) is 19.1 Å². The molecule has 4 aliphatic rings. The highest BCUT2D eigenvalue weighted by Crippen LogP contribution is 2.66. The molecule has 0 aromatic rings. The summed E-state index contributed by atoms with van der Waals surface area (Å²) in [6, 6.07) is 0. The lowest BCUT2D eigenvalue weighted by Gasteiger charge is -2.55. The fourth-order valence-electron chi connectivity index (χ4n) is 7.76. The van der Waals surface area contributed by atoms with Gasteiger partial charge in [0.15, 0.2) is 17.2 Å². The van der Waals surface area contributed by atoms with E-state index in [1.807, 2.05) is 6.08 Å². The first-order valence-electron chi connectivity index (χ1n) is 12.3. The molecule has 0 spiro atoms. The van der Waals surface area contributed by atoms with Gasteiger partial charge in [0.1, 0.15) is 0 Å². The van der Waals surface area contributed by atoms with Crippen LogP contribution in [-0.4, -0.2) is 23.1 Å². The van der Waals surface area contributed by atoms with Gasteiger partial charge in [0.2, 0.25) is 0 Å². The van der Waals surface area contributed by atoms with Crippen molar-refractivity contribution < 1.29 is 19.1 Å². The SMILES string of the molecule is CCCCCC(=O)O[C@]1(C(C)=O)CC[C@@H]2[C@@H]3CCC4=CC(=O)CC[C@@H]4[C@@H]3CC[C@]21C. The summed E-state index contributed by atoms with van der Waals surface area (Å²) in [5.74, 6) is 2.33. The number of ketones is 2. The summed E-state index contributed by atoms with van der Waals surface area (Å²) in [6.45, 7) is 5.99. The molecule has 0 aromatic carbocycles. The van der Waals surface area contributed by atoms with Gasteiger partial charge in [-0.1, -0.05) is 32.3 Å². The summed E-state index contributed by atoms with van der Waals surface area (Å²) in [4.78, 5) is 37.6. The van der Waals surface area contributed by atoms with Gasteiger partial charge in [-0.05, 0) is 88.0 Å². The van der Waals surface area contributed by atoms with Gasteiger partial charge >= 0.3 is 5.97 Å². The number of fused-ring (bicyclic) bond motifs is 5. The number of allylic oxidation sites excluding steroid dienone is 1. The van der Waals surface area contributed by atoms with Gasteiger partial charge in [0, 0.05) is 18.3 Å². The minimum atomic E-state index is -0.940. The molecule has 0 amide bonds. The van der Waals surface area contributed by atoms with E-state index in [-0.39, 0.29) is 17.2 Å². The summed E-state index contributed by atoms with van der Waals surface area (Å²) in [7, 11) is 0. The van der Waals surface area contributed by atoms with Gasteiger partial charge in [0.25, 0.3) is 0 Å². The highest BCUT2D eigenvalue weighted by atomic mass is 16.6. The van der Waals surface area contributed by atoms with Gasteiger partial charge in [-0.15, -0.1) is 0 Å². The minimum Gasteiger partial charge on any atom is -0.450 e. The molecule has 0 bridgehead atoms. The van der Waals surface area contributed by atoms with Crippen molar-refractivity contribution in [3.63, 3.8) is 0 Å². The zero-order valence-electron chi connectivity index (χ0n) is 19.0. The monoisotopic (exact) mass is 414 g/mol. The summed E-state index contributed by atoms with van der Waals surface area (Å²) in [6.07, 6.45) is 12.8. The molecule has 0 unspecified atom stereocenters. The maximum Gasteiger partial charge on any atom is 0.306 e. The first-order chi connectivity index (χ1) is 14.3. The topological polar surface area (TPSA) is 60.4 Å². The number of rotatable bonds is 6. The first-order valence-corrected chi connectivity index (χ1v) is 12.3. The van der Waals surface area contributed by atoms with Crippen molar-refractivity contribution in [2.75, 3.05) is 0 Å². The molecule has 4 aliphatic carbocycles. The van der Waals surface area contributed by atoms with E-state index in [0.717, 1.165) is 57.8 Å². The zero-order valence-corrected chi connectivity index (χ0v) is 19.0. The third kappa shape index (κ3) is 3.39. The highest BCUT2D eigenvalue weighted by Gasteiger charge is 2.66. The molecule has 3 saturated carbocycles. The Morgan fingerprint density at radius 1 is 1.07 bits per heavy atom. The van der Waals surface area contributed by atoms with Crippen molar-refractivity contribution in [1.82, 2.24) is 0 Å². The van der Waals surface area contributed by atoms with Crippen LogP contribution in [0.1, 0.15) is 97.8 Å². The lowest BCUT2D eigenvalue weighted by molar-refractivity contribution is -0.187. The van der Waals surface area contributed by atoms with Crippen LogP contribution in [0.2, 0.25) is 0 Å². The smallest absolute Gasteiger partial charge is 0.306 e. The third-order valence-corrected chi connectivity index (χ3v) is 9.26. The van der Waals surface area contributed by atoms with Crippen LogP contribution in [0.4, 0.5) is 0 Å². The molecule has 6 atom stereocenters. The van der Waals surface area contributed by atoms with E-state index < -0.39 is 5.60 Å². The molecule has 0 aromatic heterocycles. The molecule has 3 fully saturated rings. The maximum absolute atomic E-state index is 13.0. The average Bonchev–Trinajstić information content (AvgIpc) is 3.01. The van der Waals surface area contributed by atoms with Crippen LogP contribution in [0.5, 0.6) is 0 Å². The summed E-state index contributed by atoms with van der Waals surface area (Å²) in [5.41, 5.74) is 0.186. The van der Waals surface area contributed by atoms with Crippen LogP contribution in [0.15, 0.2) is 11.6 Å². The molecule has 0 radical (unpaired) electrons. The number of carbonyl (C=O) groups excluding carboxylic acids is 3. The number of unbranched alkanes of at least 4 members (excludes halogenated alkanes) is 2. The van der Waals surface area contributed by atoms with Crippen LogP contribution < -0.4 is 0 Å². The van der Waals surface area contributed by atoms with E-state index in [1.54, 1.807) is 6.92 Å². The second-order valence-corrected chi connectivity index (χ2v) is 10.6. The quantitative estimate of drug-likeness (QED) is 0.420. The Labute approximate surface area is 181 Å². The van der Waals surface area contributed by atoms with Crippen molar-refractivity contribution in [1.29, 1.82) is 0 Å². The Balaban J connectivity index is 1.56. The fourth-order valence-corrected chi connectivity index (χ4v) is 7.76. The molecular formula is C26H38O4. The number of esters is 1. The Bertz CT molecular complexity index is 752. The van der Waals surface area contributed by atoms with Crippen LogP contribution in [0, 0.1) is 29.1 Å². The Kier molecular flexibility index (Phi) is 5.98. The lowest BCUT2D eigenvalue weighted by Crippen LogP contribution is -2.57. The second-order valence-electron chi connectivity index (χ2n) is 10.6. The van der Waals surface area contributed by atoms with Gasteiger partial charge in [-0.2, -0.15) is 0 Å². The Morgan fingerprint density at radius 2 is 1.87 bits per heavy atom. The van der Waals surface area contributed by atoms with Crippen LogP contribution in [0.25, 0.3) is 0 Å². The van der Waals surface area contributed by atoms with E-state index in [9.17, 15) is 14.4 Å². The third-order valence-electron chi connectivity index (χ3n) is 9.26. The second kappa shape index (κ2) is 8.24. The molecule has 4 nitrogen and oxygen atoms in total. The molecule has 0 N–H and O–H groups in total. The van der Waals surface area contributed by atoms with Crippen LogP contribution in [0.3, 0.4) is 0 Å². The Morgan fingerprint density at radius 3 is 2.60 bits per heavy atom. The van der Waals surface area contributed by atoms with Gasteiger partial charge < -0.3 is 4.74 Å². The standard InChI is InChI=1S/C26H38O4/c1-4-5-6-7-24(29)30-26(17(2)27)15-13-23-22-10-8-18-16-19(28)9-11-20(18)21(22)12-14-25(23,26)3/h16,20-23H,4-15H2,1-3H3/t20-,21-,22+,23+,25+,26-/m0/s1. The molecule has 30 heavy (non-hydrogen) atoms. The van der Waals surface area contributed by atoms with Gasteiger partial charge in [0.05, 0.1) is 0 Å². The average molecular weight is 415 g/mol. The van der Waals surface area contributed by atoms with Gasteiger partial charge in [-0.25, -0.2) is 0 Å². The number of carbonyl (C=O) groups is 3. The van der Waals surface area contributed by atoms with Gasteiger partial charge in [-0.3, -0.25) is 14.4 Å². The van der Waals surface area contributed by atoms with Crippen molar-refractivity contribution in [3.05, 3.63) is 11.6 Å². The first kappa shape index (κ1) is 21.8. The summed E-state index contributed by atoms with van der Waals surface area (Å²) < 4.78 is 6.14. The number of Topliss-reactive ketones (excluding diaryl/α,β-unsaturated/α-hetero) is 1.